The average Bonchev–Trinajstić information content (AvgIpc) is 2.68. The van der Waals surface area contributed by atoms with Crippen LogP contribution in [-0.4, -0.2) is 36.7 Å². The summed E-state index contributed by atoms with van der Waals surface area (Å²) in [6, 6.07) is 9.45. The maximum atomic E-state index is 10.5. The molecular weight excluding hydrogens is 354 g/mol. The van der Waals surface area contributed by atoms with Crippen LogP contribution in [0.4, 0.5) is 17.1 Å². The lowest BCUT2D eigenvalue weighted by molar-refractivity contribution is -0.385. The minimum Gasteiger partial charge on any atom is -0.493 e. The lowest BCUT2D eigenvalue weighted by atomic mass is 10.1. The fraction of sp³-hybridized carbons (Fsp3) is 0.333. The highest BCUT2D eigenvalue weighted by Crippen LogP contribution is 2.33. The van der Waals surface area contributed by atoms with Crippen LogP contribution in [-0.2, 0) is 6.42 Å². The van der Waals surface area contributed by atoms with Crippen molar-refractivity contribution < 1.29 is 19.3 Å². The molecule has 0 fully saturated rings. The predicted molar refractivity (Wildman–Crippen MR) is 98.8 cm³/mol. The van der Waals surface area contributed by atoms with E-state index >= 15 is 0 Å². The molecule has 0 aromatic heterocycles. The van der Waals surface area contributed by atoms with E-state index < -0.39 is 9.85 Å². The lowest BCUT2D eigenvalue weighted by Crippen LogP contribution is -2.28. The fourth-order valence-corrected chi connectivity index (χ4v) is 2.90. The average molecular weight is 373 g/mol. The molecule has 0 amide bonds. The van der Waals surface area contributed by atoms with Crippen molar-refractivity contribution in [2.45, 2.75) is 12.8 Å². The summed E-state index contributed by atoms with van der Waals surface area (Å²) in [5, 5.41) is 20.9. The molecule has 2 aromatic rings. The van der Waals surface area contributed by atoms with Crippen LogP contribution in [0, 0.1) is 20.2 Å². The van der Waals surface area contributed by atoms with Gasteiger partial charge in [-0.1, -0.05) is 0 Å². The molecule has 27 heavy (non-hydrogen) atoms. The Labute approximate surface area is 155 Å². The number of nitro groups is 2. The summed E-state index contributed by atoms with van der Waals surface area (Å²) in [6.07, 6.45) is 1.94. The van der Waals surface area contributed by atoms with Gasteiger partial charge in [-0.25, -0.2) is 0 Å². The van der Waals surface area contributed by atoms with E-state index in [1.54, 1.807) is 12.1 Å². The van der Waals surface area contributed by atoms with Crippen LogP contribution in [0.15, 0.2) is 36.4 Å². The highest BCUT2D eigenvalue weighted by atomic mass is 16.6. The Morgan fingerprint density at radius 3 is 2.26 bits per heavy atom. The fourth-order valence-electron chi connectivity index (χ4n) is 2.90. The summed E-state index contributed by atoms with van der Waals surface area (Å²) in [4.78, 5) is 22.1. The second-order valence-electron chi connectivity index (χ2n) is 6.18. The summed E-state index contributed by atoms with van der Waals surface area (Å²) in [6.45, 7) is 2.05. The van der Waals surface area contributed by atoms with Gasteiger partial charge in [-0.2, -0.15) is 0 Å². The zero-order chi connectivity index (χ0) is 19.4. The number of hydrogen-bond donors (Lipinski definition) is 0. The topological polar surface area (TPSA) is 108 Å². The normalized spacial score (nSPS) is 14.5. The quantitative estimate of drug-likeness (QED) is 0.587. The van der Waals surface area contributed by atoms with Gasteiger partial charge < -0.3 is 14.4 Å². The molecule has 0 saturated carbocycles. The number of benzene rings is 2. The molecule has 0 spiro atoms. The first-order valence-electron chi connectivity index (χ1n) is 8.48. The smallest absolute Gasteiger partial charge is 0.273 e. The maximum Gasteiger partial charge on any atom is 0.273 e. The molecule has 142 valence electrons. The van der Waals surface area contributed by atoms with E-state index in [0.29, 0.717) is 24.7 Å². The SMILES string of the molecule is CN1CCOc2cc([N+](=O)[O-])ccc21.O=[N+]([O-])c1ccc2c(c1)OCCC2. The number of aryl methyl sites for hydroxylation is 1. The van der Waals surface area contributed by atoms with Gasteiger partial charge >= 0.3 is 0 Å². The van der Waals surface area contributed by atoms with Crippen molar-refractivity contribution in [3.8, 4) is 11.5 Å². The minimum atomic E-state index is -0.418. The van der Waals surface area contributed by atoms with Crippen LogP contribution in [0.25, 0.3) is 0 Å². The molecule has 0 unspecified atom stereocenters. The monoisotopic (exact) mass is 373 g/mol. The molecule has 2 heterocycles. The molecule has 2 aromatic carbocycles. The van der Waals surface area contributed by atoms with Crippen LogP contribution < -0.4 is 14.4 Å². The summed E-state index contributed by atoms with van der Waals surface area (Å²) in [5.74, 6) is 1.26. The number of likely N-dealkylation sites (N-methyl/N-ethyl adjacent to an activating group) is 1. The van der Waals surface area contributed by atoms with Crippen LogP contribution in [0.5, 0.6) is 11.5 Å². The van der Waals surface area contributed by atoms with Crippen LogP contribution in [0.2, 0.25) is 0 Å². The van der Waals surface area contributed by atoms with E-state index in [-0.39, 0.29) is 11.4 Å². The van der Waals surface area contributed by atoms with E-state index in [1.165, 1.54) is 24.3 Å². The summed E-state index contributed by atoms with van der Waals surface area (Å²) >= 11 is 0. The van der Waals surface area contributed by atoms with Crippen LogP contribution >= 0.6 is 0 Å². The number of nitrogens with zero attached hydrogens (tertiary/aromatic N) is 3. The van der Waals surface area contributed by atoms with Crippen molar-refractivity contribution in [1.82, 2.24) is 0 Å². The van der Waals surface area contributed by atoms with Crippen molar-refractivity contribution in [2.24, 2.45) is 0 Å². The first kappa shape index (κ1) is 18.4. The number of anilines is 1. The molecule has 2 aliphatic rings. The molecule has 4 rings (SSSR count). The van der Waals surface area contributed by atoms with E-state index in [9.17, 15) is 20.2 Å². The van der Waals surface area contributed by atoms with Crippen LogP contribution in [0.3, 0.4) is 0 Å². The maximum absolute atomic E-state index is 10.5. The largest absolute Gasteiger partial charge is 0.493 e. The van der Waals surface area contributed by atoms with Gasteiger partial charge in [-0.15, -0.1) is 0 Å². The second-order valence-corrected chi connectivity index (χ2v) is 6.18. The number of nitro benzene ring substituents is 2. The summed E-state index contributed by atoms with van der Waals surface area (Å²) in [5.41, 5.74) is 2.14. The number of ether oxygens (including phenoxy) is 2. The van der Waals surface area contributed by atoms with Crippen LogP contribution in [0.1, 0.15) is 12.0 Å². The Morgan fingerprint density at radius 2 is 1.56 bits per heavy atom. The highest BCUT2D eigenvalue weighted by Gasteiger charge is 2.18. The zero-order valence-electron chi connectivity index (χ0n) is 14.8. The van der Waals surface area contributed by atoms with E-state index in [0.717, 1.165) is 30.6 Å². The Balaban J connectivity index is 0.000000156. The van der Waals surface area contributed by atoms with E-state index in [2.05, 4.69) is 0 Å². The molecular formula is C18H19N3O6. The van der Waals surface area contributed by atoms with Gasteiger partial charge in [0, 0.05) is 19.2 Å². The third-order valence-electron chi connectivity index (χ3n) is 4.36. The molecule has 0 radical (unpaired) electrons. The molecule has 0 atom stereocenters. The Hall–Kier alpha value is -3.36. The highest BCUT2D eigenvalue weighted by molar-refractivity contribution is 5.63. The number of rotatable bonds is 2. The van der Waals surface area contributed by atoms with Gasteiger partial charge in [0.2, 0.25) is 0 Å². The van der Waals surface area contributed by atoms with Gasteiger partial charge in [0.1, 0.15) is 18.1 Å². The van der Waals surface area contributed by atoms with Crippen molar-refractivity contribution in [1.29, 1.82) is 0 Å². The van der Waals surface area contributed by atoms with Crippen molar-refractivity contribution in [2.75, 3.05) is 31.7 Å². The molecule has 0 N–H and O–H groups in total. The molecule has 0 aliphatic carbocycles. The zero-order valence-corrected chi connectivity index (χ0v) is 14.8. The first-order chi connectivity index (χ1) is 13.0. The third-order valence-corrected chi connectivity index (χ3v) is 4.36. The molecule has 2 aliphatic heterocycles. The van der Waals surface area contributed by atoms with Gasteiger partial charge in [-0.3, -0.25) is 20.2 Å². The molecule has 9 nitrogen and oxygen atoms in total. The number of fused-ring (bicyclic) bond motifs is 2. The van der Waals surface area contributed by atoms with E-state index in [4.69, 9.17) is 9.47 Å². The minimum absolute atomic E-state index is 0.0686. The van der Waals surface area contributed by atoms with Gasteiger partial charge in [-0.05, 0) is 30.5 Å². The summed E-state index contributed by atoms with van der Waals surface area (Å²) in [7, 11) is 1.94. The van der Waals surface area contributed by atoms with Gasteiger partial charge in [0.25, 0.3) is 11.4 Å². The number of non-ortho nitro benzene ring substituents is 2. The lowest BCUT2D eigenvalue weighted by Gasteiger charge is -2.27. The standard InChI is InChI=1S/C9H10N2O3.C9H9NO3/c1-10-4-5-14-9-6-7(11(12)13)2-3-8(9)10;11-10(12)8-4-3-7-2-1-5-13-9(7)6-8/h2-3,6H,4-5H2,1H3;3-4,6H,1-2,5H2. The second kappa shape index (κ2) is 7.90. The molecule has 9 heteroatoms. The van der Waals surface area contributed by atoms with Crippen molar-refractivity contribution in [3.63, 3.8) is 0 Å². The Morgan fingerprint density at radius 1 is 0.926 bits per heavy atom. The van der Waals surface area contributed by atoms with Gasteiger partial charge in [0.15, 0.2) is 0 Å². The van der Waals surface area contributed by atoms with E-state index in [1.807, 2.05) is 11.9 Å². The van der Waals surface area contributed by atoms with Crippen molar-refractivity contribution in [3.05, 3.63) is 62.2 Å². The predicted octanol–water partition coefficient (Wildman–Crippen LogP) is 3.34. The molecule has 0 bridgehead atoms. The molecule has 0 saturated heterocycles. The number of hydrogen-bond acceptors (Lipinski definition) is 7. The Kier molecular flexibility index (Phi) is 5.39. The van der Waals surface area contributed by atoms with Gasteiger partial charge in [0.05, 0.1) is 40.8 Å². The Bertz CT molecular complexity index is 870. The van der Waals surface area contributed by atoms with Crippen molar-refractivity contribution >= 4 is 17.1 Å². The third kappa shape index (κ3) is 4.25. The summed E-state index contributed by atoms with van der Waals surface area (Å²) < 4.78 is 10.6. The first-order valence-corrected chi connectivity index (χ1v) is 8.48.